The zero-order valence-corrected chi connectivity index (χ0v) is 15.9. The van der Waals surface area contributed by atoms with Gasteiger partial charge in [0.2, 0.25) is 11.8 Å². The van der Waals surface area contributed by atoms with Gasteiger partial charge in [0.15, 0.2) is 0 Å². The van der Waals surface area contributed by atoms with Crippen molar-refractivity contribution in [2.24, 2.45) is 0 Å². The largest absolute Gasteiger partial charge is 0.336 e. The fourth-order valence-corrected chi connectivity index (χ4v) is 3.37. The van der Waals surface area contributed by atoms with Gasteiger partial charge in [-0.2, -0.15) is 0 Å². The van der Waals surface area contributed by atoms with Crippen molar-refractivity contribution in [3.8, 4) is 0 Å². The van der Waals surface area contributed by atoms with E-state index < -0.39 is 0 Å². The molecular weight excluding hydrogens is 340 g/mol. The van der Waals surface area contributed by atoms with Crippen molar-refractivity contribution < 1.29 is 9.59 Å². The van der Waals surface area contributed by atoms with Crippen LogP contribution in [0.2, 0.25) is 0 Å². The number of aromatic nitrogens is 1. The summed E-state index contributed by atoms with van der Waals surface area (Å²) in [5.41, 5.74) is 3.04. The maximum atomic E-state index is 12.7. The molecule has 2 aromatic rings. The van der Waals surface area contributed by atoms with Gasteiger partial charge in [0.25, 0.3) is 0 Å². The van der Waals surface area contributed by atoms with Gasteiger partial charge in [-0.3, -0.25) is 19.5 Å². The van der Waals surface area contributed by atoms with Crippen LogP contribution in [-0.4, -0.2) is 52.3 Å². The molecule has 0 bridgehead atoms. The minimum absolute atomic E-state index is 0.0650. The predicted octanol–water partition coefficient (Wildman–Crippen LogP) is 2.45. The van der Waals surface area contributed by atoms with Gasteiger partial charge in [-0.15, -0.1) is 0 Å². The molecule has 0 spiro atoms. The number of hydrogen-bond acceptors (Lipinski definition) is 4. The van der Waals surface area contributed by atoms with Crippen LogP contribution in [0.4, 0.5) is 5.69 Å². The Morgan fingerprint density at radius 1 is 1.26 bits per heavy atom. The summed E-state index contributed by atoms with van der Waals surface area (Å²) in [5.74, 6) is 0.0558. The number of hydrogen-bond donors (Lipinski definition) is 1. The Labute approximate surface area is 160 Å². The third-order valence-corrected chi connectivity index (χ3v) is 4.90. The summed E-state index contributed by atoms with van der Waals surface area (Å²) < 4.78 is 0. The molecule has 3 rings (SSSR count). The fourth-order valence-electron chi connectivity index (χ4n) is 3.37. The molecular formula is C21H26N4O2. The lowest BCUT2D eigenvalue weighted by Gasteiger charge is -2.39. The summed E-state index contributed by atoms with van der Waals surface area (Å²) in [6, 6.07) is 11.6. The molecule has 2 amide bonds. The van der Waals surface area contributed by atoms with Crippen LogP contribution in [0.1, 0.15) is 24.5 Å². The third-order valence-electron chi connectivity index (χ3n) is 4.90. The molecule has 142 valence electrons. The molecule has 27 heavy (non-hydrogen) atoms. The Morgan fingerprint density at radius 2 is 2.11 bits per heavy atom. The molecule has 1 aromatic carbocycles. The van der Waals surface area contributed by atoms with Gasteiger partial charge in [-0.05, 0) is 31.5 Å². The van der Waals surface area contributed by atoms with E-state index in [4.69, 9.17) is 0 Å². The molecule has 1 aliphatic rings. The first kappa shape index (κ1) is 19.0. The van der Waals surface area contributed by atoms with Crippen molar-refractivity contribution in [1.82, 2.24) is 14.8 Å². The minimum atomic E-state index is -0.213. The van der Waals surface area contributed by atoms with Crippen LogP contribution in [-0.2, 0) is 16.1 Å². The first-order chi connectivity index (χ1) is 13.0. The van der Waals surface area contributed by atoms with Crippen molar-refractivity contribution in [3.63, 3.8) is 0 Å². The average Bonchev–Trinajstić information content (AvgIpc) is 2.66. The molecule has 1 N–H and O–H groups in total. The lowest BCUT2D eigenvalue weighted by molar-refractivity contribution is -0.142. The SMILES string of the molecule is Cc1cccc(CN2CCN(CCC(=O)Nc3cccnc3)[C@@H](C)C2=O)c1. The van der Waals surface area contributed by atoms with Gasteiger partial charge < -0.3 is 10.2 Å². The Hall–Kier alpha value is -2.73. The highest BCUT2D eigenvalue weighted by atomic mass is 16.2. The second kappa shape index (κ2) is 8.77. The van der Waals surface area contributed by atoms with E-state index in [-0.39, 0.29) is 17.9 Å². The van der Waals surface area contributed by atoms with Crippen LogP contribution in [0, 0.1) is 6.92 Å². The normalized spacial score (nSPS) is 17.8. The lowest BCUT2D eigenvalue weighted by Crippen LogP contribution is -2.55. The van der Waals surface area contributed by atoms with Gasteiger partial charge in [-0.1, -0.05) is 29.8 Å². The maximum absolute atomic E-state index is 12.7. The third kappa shape index (κ3) is 5.14. The number of nitrogens with one attached hydrogen (secondary N) is 1. The number of aryl methyl sites for hydroxylation is 1. The van der Waals surface area contributed by atoms with Crippen molar-refractivity contribution in [2.75, 3.05) is 25.0 Å². The molecule has 6 nitrogen and oxygen atoms in total. The van der Waals surface area contributed by atoms with Gasteiger partial charge in [0, 0.05) is 38.8 Å². The van der Waals surface area contributed by atoms with Crippen LogP contribution < -0.4 is 5.32 Å². The van der Waals surface area contributed by atoms with E-state index in [9.17, 15) is 9.59 Å². The first-order valence-electron chi connectivity index (χ1n) is 9.31. The Balaban J connectivity index is 1.50. The summed E-state index contributed by atoms with van der Waals surface area (Å²) >= 11 is 0. The molecule has 1 atom stereocenters. The van der Waals surface area contributed by atoms with Crippen molar-refractivity contribution in [3.05, 3.63) is 59.9 Å². The van der Waals surface area contributed by atoms with Gasteiger partial charge >= 0.3 is 0 Å². The first-order valence-corrected chi connectivity index (χ1v) is 9.31. The van der Waals surface area contributed by atoms with Crippen LogP contribution in [0.25, 0.3) is 0 Å². The smallest absolute Gasteiger partial charge is 0.239 e. The highest BCUT2D eigenvalue weighted by molar-refractivity contribution is 5.90. The van der Waals surface area contributed by atoms with Crippen molar-refractivity contribution in [2.45, 2.75) is 32.9 Å². The van der Waals surface area contributed by atoms with Gasteiger partial charge in [0.05, 0.1) is 17.9 Å². The molecule has 0 unspecified atom stereocenters. The summed E-state index contributed by atoms with van der Waals surface area (Å²) in [6.45, 7) is 6.64. The van der Waals surface area contributed by atoms with E-state index in [0.29, 0.717) is 31.7 Å². The van der Waals surface area contributed by atoms with Crippen LogP contribution in [0.5, 0.6) is 0 Å². The summed E-state index contributed by atoms with van der Waals surface area (Å²) in [7, 11) is 0. The second-order valence-electron chi connectivity index (χ2n) is 7.00. The number of benzene rings is 1. The number of nitrogens with zero attached hydrogens (tertiary/aromatic N) is 3. The van der Waals surface area contributed by atoms with Crippen LogP contribution >= 0.6 is 0 Å². The van der Waals surface area contributed by atoms with Gasteiger partial charge in [0.1, 0.15) is 0 Å². The number of pyridine rings is 1. The van der Waals surface area contributed by atoms with Crippen LogP contribution in [0.3, 0.4) is 0 Å². The number of amides is 2. The molecule has 1 aliphatic heterocycles. The molecule has 1 saturated heterocycles. The van der Waals surface area contributed by atoms with E-state index in [1.54, 1.807) is 24.5 Å². The summed E-state index contributed by atoms with van der Waals surface area (Å²) in [5, 5.41) is 2.83. The highest BCUT2D eigenvalue weighted by Gasteiger charge is 2.31. The standard InChI is InChI=1S/C21H26N4O2/c1-16-5-3-6-18(13-16)15-25-12-11-24(17(2)21(25)27)10-8-20(26)23-19-7-4-9-22-14-19/h3-7,9,13-14,17H,8,10-12,15H2,1-2H3,(H,23,26)/t17-/m0/s1. The monoisotopic (exact) mass is 366 g/mol. The molecule has 0 radical (unpaired) electrons. The van der Waals surface area contributed by atoms with E-state index in [1.165, 1.54) is 5.56 Å². The van der Waals surface area contributed by atoms with E-state index in [1.807, 2.05) is 17.9 Å². The topological polar surface area (TPSA) is 65.5 Å². The van der Waals surface area contributed by atoms with Gasteiger partial charge in [-0.25, -0.2) is 0 Å². The molecule has 6 heteroatoms. The van der Waals surface area contributed by atoms with Crippen molar-refractivity contribution >= 4 is 17.5 Å². The summed E-state index contributed by atoms with van der Waals surface area (Å²) in [6.07, 6.45) is 3.64. The summed E-state index contributed by atoms with van der Waals surface area (Å²) in [4.78, 5) is 32.8. The minimum Gasteiger partial charge on any atom is -0.336 e. The Kier molecular flexibility index (Phi) is 6.19. The van der Waals surface area contributed by atoms with Crippen LogP contribution in [0.15, 0.2) is 48.8 Å². The maximum Gasteiger partial charge on any atom is 0.239 e. The Bertz CT molecular complexity index is 794. The number of rotatable bonds is 6. The average molecular weight is 366 g/mol. The molecule has 0 aliphatic carbocycles. The number of carbonyl (C=O) groups is 2. The second-order valence-corrected chi connectivity index (χ2v) is 7.00. The lowest BCUT2D eigenvalue weighted by atomic mass is 10.1. The molecule has 1 aromatic heterocycles. The highest BCUT2D eigenvalue weighted by Crippen LogP contribution is 2.16. The van der Waals surface area contributed by atoms with E-state index in [2.05, 4.69) is 40.3 Å². The number of piperazine rings is 1. The number of anilines is 1. The zero-order valence-electron chi connectivity index (χ0n) is 15.9. The van der Waals surface area contributed by atoms with E-state index in [0.717, 1.165) is 12.1 Å². The number of carbonyl (C=O) groups excluding carboxylic acids is 2. The predicted molar refractivity (Wildman–Crippen MR) is 105 cm³/mol. The molecule has 2 heterocycles. The Morgan fingerprint density at radius 3 is 2.85 bits per heavy atom. The van der Waals surface area contributed by atoms with E-state index >= 15 is 0 Å². The quantitative estimate of drug-likeness (QED) is 0.853. The zero-order chi connectivity index (χ0) is 19.2. The van der Waals surface area contributed by atoms with Crippen molar-refractivity contribution in [1.29, 1.82) is 0 Å². The molecule has 1 fully saturated rings. The fraction of sp³-hybridized carbons (Fsp3) is 0.381. The molecule has 0 saturated carbocycles.